The average molecular weight is 433 g/mol. The van der Waals surface area contributed by atoms with Crippen LogP contribution in [0.25, 0.3) is 0 Å². The molecule has 0 radical (unpaired) electrons. The van der Waals surface area contributed by atoms with Gasteiger partial charge in [0.05, 0.1) is 4.90 Å². The van der Waals surface area contributed by atoms with Crippen molar-refractivity contribution in [1.29, 1.82) is 0 Å². The van der Waals surface area contributed by atoms with E-state index in [1.807, 2.05) is 12.1 Å². The number of halogens is 2. The van der Waals surface area contributed by atoms with E-state index in [1.54, 1.807) is 19.2 Å². The van der Waals surface area contributed by atoms with Gasteiger partial charge in [0.15, 0.2) is 0 Å². The number of nitrogens with one attached hydrogen (secondary N) is 1. The topological polar surface area (TPSA) is 66.5 Å². The van der Waals surface area contributed by atoms with Crippen molar-refractivity contribution in [3.63, 3.8) is 0 Å². The molecule has 1 N–H and O–H groups in total. The smallest absolute Gasteiger partial charge is 0.261 e. The lowest BCUT2D eigenvalue weighted by molar-refractivity contribution is 0.0785. The first kappa shape index (κ1) is 20.8. The molecule has 0 aliphatic heterocycles. The Morgan fingerprint density at radius 3 is 2.14 bits per heavy atom. The molecule has 0 aromatic heterocycles. The highest BCUT2D eigenvalue weighted by Gasteiger charge is 2.17. The molecule has 150 valence electrons. The Labute approximate surface area is 173 Å². The van der Waals surface area contributed by atoms with Crippen molar-refractivity contribution in [1.82, 2.24) is 4.90 Å². The zero-order chi connectivity index (χ0) is 21.0. The fraction of sp³-hybridized carbons (Fsp3) is 0.0952. The van der Waals surface area contributed by atoms with Crippen LogP contribution in [0.4, 0.5) is 10.1 Å². The van der Waals surface area contributed by atoms with E-state index in [-0.39, 0.29) is 16.5 Å². The maximum Gasteiger partial charge on any atom is 0.261 e. The van der Waals surface area contributed by atoms with Crippen LogP contribution >= 0.6 is 11.6 Å². The van der Waals surface area contributed by atoms with Crippen LogP contribution < -0.4 is 4.72 Å². The van der Waals surface area contributed by atoms with Gasteiger partial charge in [-0.25, -0.2) is 12.8 Å². The lowest BCUT2D eigenvalue weighted by Crippen LogP contribution is -2.26. The second-order valence-corrected chi connectivity index (χ2v) is 8.54. The first-order chi connectivity index (χ1) is 13.7. The second kappa shape index (κ2) is 8.63. The predicted molar refractivity (Wildman–Crippen MR) is 111 cm³/mol. The molecule has 5 nitrogen and oxygen atoms in total. The molecule has 0 saturated carbocycles. The molecular weight excluding hydrogens is 415 g/mol. The minimum atomic E-state index is -3.85. The summed E-state index contributed by atoms with van der Waals surface area (Å²) in [6.07, 6.45) is 0. The van der Waals surface area contributed by atoms with Crippen LogP contribution in [0.15, 0.2) is 77.7 Å². The molecule has 3 rings (SSSR count). The van der Waals surface area contributed by atoms with Crippen LogP contribution in [-0.4, -0.2) is 26.3 Å². The van der Waals surface area contributed by atoms with Gasteiger partial charge in [0.25, 0.3) is 15.9 Å². The van der Waals surface area contributed by atoms with E-state index in [2.05, 4.69) is 4.72 Å². The molecule has 0 bridgehead atoms. The van der Waals surface area contributed by atoms with Crippen LogP contribution in [0.3, 0.4) is 0 Å². The number of hydrogen-bond acceptors (Lipinski definition) is 3. The first-order valence-corrected chi connectivity index (χ1v) is 10.5. The van der Waals surface area contributed by atoms with E-state index in [4.69, 9.17) is 11.6 Å². The number of anilines is 1. The normalized spacial score (nSPS) is 11.1. The monoisotopic (exact) mass is 432 g/mol. The number of rotatable bonds is 6. The number of benzene rings is 3. The highest BCUT2D eigenvalue weighted by atomic mass is 35.5. The van der Waals surface area contributed by atoms with Gasteiger partial charge in [0.1, 0.15) is 5.82 Å². The third-order valence-electron chi connectivity index (χ3n) is 4.19. The fourth-order valence-corrected chi connectivity index (χ4v) is 3.85. The Morgan fingerprint density at radius 1 is 0.966 bits per heavy atom. The van der Waals surface area contributed by atoms with Gasteiger partial charge in [-0.2, -0.15) is 0 Å². The largest absolute Gasteiger partial charge is 0.337 e. The first-order valence-electron chi connectivity index (χ1n) is 8.63. The zero-order valence-corrected chi connectivity index (χ0v) is 17.0. The van der Waals surface area contributed by atoms with E-state index in [1.165, 1.54) is 41.3 Å². The van der Waals surface area contributed by atoms with Gasteiger partial charge in [-0.05, 0) is 66.2 Å². The highest BCUT2D eigenvalue weighted by molar-refractivity contribution is 7.92. The highest BCUT2D eigenvalue weighted by Crippen LogP contribution is 2.18. The number of amides is 1. The molecule has 0 aliphatic rings. The van der Waals surface area contributed by atoms with Gasteiger partial charge in [0, 0.05) is 29.9 Å². The van der Waals surface area contributed by atoms with Crippen molar-refractivity contribution in [2.24, 2.45) is 0 Å². The Bertz CT molecular complexity index is 1100. The summed E-state index contributed by atoms with van der Waals surface area (Å²) in [5.41, 5.74) is 1.53. The van der Waals surface area contributed by atoms with E-state index < -0.39 is 15.8 Å². The maximum absolute atomic E-state index is 13.0. The Kier molecular flexibility index (Phi) is 6.20. The van der Waals surface area contributed by atoms with Crippen LogP contribution in [0.2, 0.25) is 5.02 Å². The van der Waals surface area contributed by atoms with E-state index in [0.29, 0.717) is 17.1 Å². The summed E-state index contributed by atoms with van der Waals surface area (Å²) in [6, 6.07) is 17.8. The quantitative estimate of drug-likeness (QED) is 0.621. The van der Waals surface area contributed by atoms with Gasteiger partial charge in [-0.3, -0.25) is 9.52 Å². The average Bonchev–Trinajstić information content (AvgIpc) is 2.71. The van der Waals surface area contributed by atoms with Gasteiger partial charge in [-0.1, -0.05) is 23.7 Å². The van der Waals surface area contributed by atoms with Crippen LogP contribution in [0.5, 0.6) is 0 Å². The van der Waals surface area contributed by atoms with Crippen molar-refractivity contribution in [3.8, 4) is 0 Å². The summed E-state index contributed by atoms with van der Waals surface area (Å²) < 4.78 is 40.3. The van der Waals surface area contributed by atoms with E-state index >= 15 is 0 Å². The number of carbonyl (C=O) groups is 1. The molecule has 8 heteroatoms. The summed E-state index contributed by atoms with van der Waals surface area (Å²) in [5.74, 6) is -0.700. The van der Waals surface area contributed by atoms with Gasteiger partial charge in [-0.15, -0.1) is 0 Å². The van der Waals surface area contributed by atoms with Crippen molar-refractivity contribution in [3.05, 3.63) is 94.8 Å². The minimum absolute atomic E-state index is 0.00118. The lowest BCUT2D eigenvalue weighted by atomic mass is 10.1. The predicted octanol–water partition coefficient (Wildman–Crippen LogP) is 4.55. The Balaban J connectivity index is 1.70. The summed E-state index contributed by atoms with van der Waals surface area (Å²) in [5, 5.41) is 0.619. The van der Waals surface area contributed by atoms with Crippen LogP contribution in [-0.2, 0) is 16.6 Å². The SMILES string of the molecule is CN(Cc1ccc(Cl)cc1)C(=O)c1ccc(S(=O)(=O)Nc2ccc(F)cc2)cc1. The molecule has 0 aliphatic carbocycles. The molecule has 3 aromatic carbocycles. The van der Waals surface area contributed by atoms with Gasteiger partial charge < -0.3 is 4.90 Å². The molecule has 0 fully saturated rings. The lowest BCUT2D eigenvalue weighted by Gasteiger charge is -2.17. The van der Waals surface area contributed by atoms with Crippen LogP contribution in [0, 0.1) is 5.82 Å². The van der Waals surface area contributed by atoms with E-state index in [9.17, 15) is 17.6 Å². The molecule has 0 atom stereocenters. The van der Waals surface area contributed by atoms with Crippen molar-refractivity contribution >= 4 is 33.2 Å². The van der Waals surface area contributed by atoms with E-state index in [0.717, 1.165) is 17.7 Å². The van der Waals surface area contributed by atoms with Gasteiger partial charge >= 0.3 is 0 Å². The number of sulfonamides is 1. The number of hydrogen-bond donors (Lipinski definition) is 1. The van der Waals surface area contributed by atoms with Crippen molar-refractivity contribution in [2.45, 2.75) is 11.4 Å². The molecule has 0 heterocycles. The summed E-state index contributed by atoms with van der Waals surface area (Å²) in [7, 11) is -2.19. The summed E-state index contributed by atoms with van der Waals surface area (Å²) in [6.45, 7) is 0.391. The van der Waals surface area contributed by atoms with Crippen molar-refractivity contribution in [2.75, 3.05) is 11.8 Å². The zero-order valence-electron chi connectivity index (χ0n) is 15.5. The van der Waals surface area contributed by atoms with Crippen LogP contribution in [0.1, 0.15) is 15.9 Å². The third-order valence-corrected chi connectivity index (χ3v) is 5.84. The Hall–Kier alpha value is -2.90. The molecule has 3 aromatic rings. The second-order valence-electron chi connectivity index (χ2n) is 6.42. The Morgan fingerprint density at radius 2 is 1.55 bits per heavy atom. The molecular formula is C21H18ClFN2O3S. The minimum Gasteiger partial charge on any atom is -0.337 e. The standard InChI is InChI=1S/C21H18ClFN2O3S/c1-25(14-15-2-6-17(22)7-3-15)21(26)16-4-12-20(13-5-16)29(27,28)24-19-10-8-18(23)9-11-19/h2-13,24H,14H2,1H3. The third kappa shape index (κ3) is 5.34. The fourth-order valence-electron chi connectivity index (χ4n) is 2.66. The maximum atomic E-state index is 13.0. The van der Waals surface area contributed by atoms with Gasteiger partial charge in [0.2, 0.25) is 0 Å². The van der Waals surface area contributed by atoms with Crippen molar-refractivity contribution < 1.29 is 17.6 Å². The molecule has 0 unspecified atom stereocenters. The molecule has 1 amide bonds. The number of nitrogens with zero attached hydrogens (tertiary/aromatic N) is 1. The molecule has 0 spiro atoms. The summed E-state index contributed by atoms with van der Waals surface area (Å²) >= 11 is 5.86. The number of carbonyl (C=O) groups excluding carboxylic acids is 1. The molecule has 0 saturated heterocycles. The molecule has 29 heavy (non-hydrogen) atoms. The summed E-state index contributed by atoms with van der Waals surface area (Å²) in [4.78, 5) is 14.1.